The Labute approximate surface area is 210 Å². The van der Waals surface area contributed by atoms with Crippen molar-refractivity contribution in [1.82, 2.24) is 14.9 Å². The Balaban J connectivity index is 1.60. The van der Waals surface area contributed by atoms with Crippen LogP contribution in [0.3, 0.4) is 0 Å². The standard InChI is InChI=1S/C27H23F3N4O3/c1-2-14-33(24(36)27(28,29)30)25-31-21-13-12-18(15-22(21)32-25)26(37)20-11-7-6-10-19(20)23(35)34(26)16-17-8-4-3-5-9-17/h3-13,15,37H,2,14,16H2,1H3,(H,31,32). The third-order valence-electron chi connectivity index (χ3n) is 6.42. The fourth-order valence-corrected chi connectivity index (χ4v) is 4.69. The van der Waals surface area contributed by atoms with Gasteiger partial charge in [-0.2, -0.15) is 13.2 Å². The molecule has 4 aromatic rings. The van der Waals surface area contributed by atoms with Crippen LogP contribution in [0.25, 0.3) is 11.0 Å². The summed E-state index contributed by atoms with van der Waals surface area (Å²) in [7, 11) is 0. The fraction of sp³-hybridized carbons (Fsp3) is 0.222. The van der Waals surface area contributed by atoms with E-state index in [9.17, 15) is 27.9 Å². The number of fused-ring (bicyclic) bond motifs is 2. The molecule has 1 aliphatic heterocycles. The minimum absolute atomic E-state index is 0.124. The highest BCUT2D eigenvalue weighted by Gasteiger charge is 2.50. The number of rotatable bonds is 6. The van der Waals surface area contributed by atoms with Crippen LogP contribution in [0.4, 0.5) is 19.1 Å². The molecule has 0 radical (unpaired) electrons. The maximum atomic E-state index is 13.4. The van der Waals surface area contributed by atoms with E-state index in [2.05, 4.69) is 9.97 Å². The number of H-pyrrole nitrogens is 1. The highest BCUT2D eigenvalue weighted by molar-refractivity contribution is 6.01. The monoisotopic (exact) mass is 508 g/mol. The Kier molecular flexibility index (Phi) is 5.99. The maximum Gasteiger partial charge on any atom is 0.471 e. The largest absolute Gasteiger partial charge is 0.471 e. The van der Waals surface area contributed by atoms with Crippen molar-refractivity contribution >= 4 is 28.8 Å². The first kappa shape index (κ1) is 24.5. The summed E-state index contributed by atoms with van der Waals surface area (Å²) in [5.41, 5.74) is 0.656. The number of amides is 2. The molecule has 10 heteroatoms. The normalized spacial score (nSPS) is 17.3. The zero-order valence-corrected chi connectivity index (χ0v) is 19.8. The summed E-state index contributed by atoms with van der Waals surface area (Å²) in [4.78, 5) is 34.3. The summed E-state index contributed by atoms with van der Waals surface area (Å²) in [6.45, 7) is 1.60. The second-order valence-corrected chi connectivity index (χ2v) is 8.84. The molecule has 0 spiro atoms. The van der Waals surface area contributed by atoms with Gasteiger partial charge < -0.3 is 10.1 Å². The van der Waals surface area contributed by atoms with E-state index in [0.29, 0.717) is 27.1 Å². The van der Waals surface area contributed by atoms with Crippen molar-refractivity contribution in [3.05, 3.63) is 95.1 Å². The van der Waals surface area contributed by atoms with Crippen molar-refractivity contribution in [2.24, 2.45) is 0 Å². The molecule has 0 bridgehead atoms. The van der Waals surface area contributed by atoms with Gasteiger partial charge in [0.15, 0.2) is 5.72 Å². The Hall–Kier alpha value is -4.18. The maximum absolute atomic E-state index is 13.4. The lowest BCUT2D eigenvalue weighted by Gasteiger charge is -2.35. The van der Waals surface area contributed by atoms with E-state index < -0.39 is 17.8 Å². The summed E-state index contributed by atoms with van der Waals surface area (Å²) < 4.78 is 39.5. The molecule has 5 rings (SSSR count). The number of benzene rings is 3. The van der Waals surface area contributed by atoms with Gasteiger partial charge in [0, 0.05) is 29.8 Å². The third-order valence-corrected chi connectivity index (χ3v) is 6.42. The third kappa shape index (κ3) is 4.13. The van der Waals surface area contributed by atoms with Gasteiger partial charge in [-0.15, -0.1) is 0 Å². The van der Waals surface area contributed by atoms with Gasteiger partial charge in [-0.25, -0.2) is 4.98 Å². The number of anilines is 1. The lowest BCUT2D eigenvalue weighted by Crippen LogP contribution is -2.44. The van der Waals surface area contributed by atoms with Crippen LogP contribution in [0.15, 0.2) is 72.8 Å². The van der Waals surface area contributed by atoms with Crippen LogP contribution < -0.4 is 4.90 Å². The first-order valence-corrected chi connectivity index (χ1v) is 11.7. The molecule has 2 heterocycles. The summed E-state index contributed by atoms with van der Waals surface area (Å²) in [6.07, 6.45) is -4.77. The molecule has 7 nitrogen and oxygen atoms in total. The van der Waals surface area contributed by atoms with Crippen LogP contribution in [0.5, 0.6) is 0 Å². The van der Waals surface area contributed by atoms with Crippen LogP contribution in [-0.4, -0.2) is 44.5 Å². The number of aliphatic hydroxyl groups is 1. The SMILES string of the molecule is CCCN(C(=O)C(F)(F)F)c1nc2cc(C3(O)c4ccccc4C(=O)N3Cc3ccccc3)ccc2[nH]1. The molecule has 2 amide bonds. The molecule has 0 saturated carbocycles. The smallest absolute Gasteiger partial charge is 0.363 e. The molecule has 0 saturated heterocycles. The predicted octanol–water partition coefficient (Wildman–Crippen LogP) is 4.72. The highest BCUT2D eigenvalue weighted by Crippen LogP contribution is 2.43. The molecule has 37 heavy (non-hydrogen) atoms. The fourth-order valence-electron chi connectivity index (χ4n) is 4.69. The van der Waals surface area contributed by atoms with Crippen LogP contribution in [0.1, 0.15) is 40.4 Å². The molecule has 2 N–H and O–H groups in total. The van der Waals surface area contributed by atoms with E-state index in [-0.39, 0.29) is 36.9 Å². The number of nitrogens with one attached hydrogen (secondary N) is 1. The quantitative estimate of drug-likeness (QED) is 0.395. The average Bonchev–Trinajstić information content (AvgIpc) is 3.40. The number of aromatic nitrogens is 2. The number of carbonyl (C=O) groups excluding carboxylic acids is 2. The van der Waals surface area contributed by atoms with Crippen LogP contribution >= 0.6 is 0 Å². The lowest BCUT2D eigenvalue weighted by atomic mass is 9.93. The first-order chi connectivity index (χ1) is 17.6. The molecule has 1 aliphatic rings. The van der Waals surface area contributed by atoms with Crippen molar-refractivity contribution in [3.8, 4) is 0 Å². The van der Waals surface area contributed by atoms with E-state index in [0.717, 1.165) is 5.56 Å². The van der Waals surface area contributed by atoms with E-state index in [1.165, 1.54) is 11.0 Å². The van der Waals surface area contributed by atoms with Crippen molar-refractivity contribution in [2.75, 3.05) is 11.4 Å². The minimum Gasteiger partial charge on any atom is -0.363 e. The second-order valence-electron chi connectivity index (χ2n) is 8.84. The Bertz CT molecular complexity index is 1490. The molecule has 0 aliphatic carbocycles. The zero-order valence-electron chi connectivity index (χ0n) is 19.8. The zero-order chi connectivity index (χ0) is 26.4. The molecule has 3 aromatic carbocycles. The number of hydrogen-bond donors (Lipinski definition) is 2. The number of halogens is 3. The van der Waals surface area contributed by atoms with E-state index in [1.54, 1.807) is 43.3 Å². The highest BCUT2D eigenvalue weighted by atomic mass is 19.4. The van der Waals surface area contributed by atoms with Gasteiger partial charge in [0.05, 0.1) is 11.0 Å². The predicted molar refractivity (Wildman–Crippen MR) is 131 cm³/mol. The van der Waals surface area contributed by atoms with E-state index in [4.69, 9.17) is 0 Å². The molecule has 1 aromatic heterocycles. The Morgan fingerprint density at radius 3 is 2.49 bits per heavy atom. The number of hydrogen-bond acceptors (Lipinski definition) is 4. The van der Waals surface area contributed by atoms with Crippen molar-refractivity contribution < 1.29 is 27.9 Å². The summed E-state index contributed by atoms with van der Waals surface area (Å²) >= 11 is 0. The molecular weight excluding hydrogens is 485 g/mol. The number of carbonyl (C=O) groups is 2. The molecule has 1 atom stereocenters. The van der Waals surface area contributed by atoms with Gasteiger partial charge in [0.25, 0.3) is 5.91 Å². The molecular formula is C27H23F3N4O3. The second kappa shape index (κ2) is 9.04. The van der Waals surface area contributed by atoms with Crippen molar-refractivity contribution in [2.45, 2.75) is 31.8 Å². The van der Waals surface area contributed by atoms with Crippen LogP contribution in [-0.2, 0) is 17.1 Å². The van der Waals surface area contributed by atoms with Crippen molar-refractivity contribution in [1.29, 1.82) is 0 Å². The molecule has 190 valence electrons. The van der Waals surface area contributed by atoms with Crippen LogP contribution in [0, 0.1) is 0 Å². The molecule has 0 fully saturated rings. The number of nitrogens with zero attached hydrogens (tertiary/aromatic N) is 3. The van der Waals surface area contributed by atoms with Gasteiger partial charge in [0.2, 0.25) is 5.95 Å². The van der Waals surface area contributed by atoms with E-state index >= 15 is 0 Å². The van der Waals surface area contributed by atoms with Crippen molar-refractivity contribution in [3.63, 3.8) is 0 Å². The Morgan fingerprint density at radius 2 is 1.78 bits per heavy atom. The topological polar surface area (TPSA) is 89.5 Å². The number of aromatic amines is 1. The Morgan fingerprint density at radius 1 is 1.08 bits per heavy atom. The summed E-state index contributed by atoms with van der Waals surface area (Å²) in [5, 5.41) is 12.1. The van der Waals surface area contributed by atoms with Gasteiger partial charge in [0.1, 0.15) is 0 Å². The number of alkyl halides is 3. The summed E-state index contributed by atoms with van der Waals surface area (Å²) in [6, 6.07) is 20.6. The minimum atomic E-state index is -5.06. The van der Waals surface area contributed by atoms with Gasteiger partial charge in [-0.05, 0) is 30.2 Å². The summed E-state index contributed by atoms with van der Waals surface area (Å²) in [5.74, 6) is -2.61. The lowest BCUT2D eigenvalue weighted by molar-refractivity contribution is -0.170. The number of imidazole rings is 1. The van der Waals surface area contributed by atoms with Crippen LogP contribution in [0.2, 0.25) is 0 Å². The molecule has 1 unspecified atom stereocenters. The van der Waals surface area contributed by atoms with Gasteiger partial charge in [-0.1, -0.05) is 61.5 Å². The average molecular weight is 509 g/mol. The van der Waals surface area contributed by atoms with Gasteiger partial charge >= 0.3 is 12.1 Å². The van der Waals surface area contributed by atoms with Gasteiger partial charge in [-0.3, -0.25) is 19.4 Å². The van der Waals surface area contributed by atoms with E-state index in [1.807, 2.05) is 30.3 Å². The first-order valence-electron chi connectivity index (χ1n) is 11.7.